The van der Waals surface area contributed by atoms with E-state index in [-0.39, 0.29) is 12.5 Å². The highest BCUT2D eigenvalue weighted by molar-refractivity contribution is 5.76. The Kier molecular flexibility index (Phi) is 2.61. The van der Waals surface area contributed by atoms with Crippen LogP contribution in [0.25, 0.3) is 0 Å². The van der Waals surface area contributed by atoms with E-state index in [0.29, 0.717) is 11.7 Å². The molecule has 2 rings (SSSR count). The van der Waals surface area contributed by atoms with Crippen molar-refractivity contribution in [1.82, 2.24) is 14.7 Å². The van der Waals surface area contributed by atoms with E-state index in [1.807, 2.05) is 25.8 Å². The number of likely N-dealkylation sites (N-methyl/N-ethyl adjacent to an activating group) is 1. The van der Waals surface area contributed by atoms with Crippen molar-refractivity contribution in [2.24, 2.45) is 0 Å². The number of nitrogen functional groups attached to an aromatic ring is 1. The average molecular weight is 222 g/mol. The molecule has 0 atom stereocenters. The molecule has 1 aromatic rings. The first-order chi connectivity index (χ1) is 7.50. The van der Waals surface area contributed by atoms with Gasteiger partial charge in [0.2, 0.25) is 5.91 Å². The molecule has 1 aliphatic rings. The van der Waals surface area contributed by atoms with E-state index >= 15 is 0 Å². The fourth-order valence-electron chi connectivity index (χ4n) is 1.77. The number of rotatable bonds is 3. The standard InChI is InChI=1S/C11H18N4O/c1-7-11(12)8(2)15(13-7)6-10(16)14(3)9-4-5-9/h9H,4-6,12H2,1-3H3. The molecule has 88 valence electrons. The lowest BCUT2D eigenvalue weighted by molar-refractivity contribution is -0.131. The maximum absolute atomic E-state index is 11.9. The maximum Gasteiger partial charge on any atom is 0.244 e. The Bertz CT molecular complexity index is 420. The van der Waals surface area contributed by atoms with Gasteiger partial charge in [-0.3, -0.25) is 9.48 Å². The smallest absolute Gasteiger partial charge is 0.244 e. The molecule has 16 heavy (non-hydrogen) atoms. The molecule has 2 N–H and O–H groups in total. The molecule has 0 radical (unpaired) electrons. The Labute approximate surface area is 95.2 Å². The number of nitrogens with two attached hydrogens (primary N) is 1. The quantitative estimate of drug-likeness (QED) is 0.819. The van der Waals surface area contributed by atoms with Crippen LogP contribution in [0.1, 0.15) is 24.2 Å². The Morgan fingerprint density at radius 2 is 2.19 bits per heavy atom. The molecule has 0 unspecified atom stereocenters. The van der Waals surface area contributed by atoms with Gasteiger partial charge in [0, 0.05) is 13.1 Å². The van der Waals surface area contributed by atoms with E-state index in [1.165, 1.54) is 0 Å². The highest BCUT2D eigenvalue weighted by Gasteiger charge is 2.29. The van der Waals surface area contributed by atoms with Crippen molar-refractivity contribution in [3.05, 3.63) is 11.4 Å². The van der Waals surface area contributed by atoms with E-state index in [1.54, 1.807) is 4.68 Å². The maximum atomic E-state index is 11.9. The molecule has 5 nitrogen and oxygen atoms in total. The Morgan fingerprint density at radius 1 is 1.56 bits per heavy atom. The highest BCUT2D eigenvalue weighted by Crippen LogP contribution is 2.25. The highest BCUT2D eigenvalue weighted by atomic mass is 16.2. The normalized spacial score (nSPS) is 15.2. The SMILES string of the molecule is Cc1nn(CC(=O)N(C)C2CC2)c(C)c1N. The van der Waals surface area contributed by atoms with Crippen LogP contribution in [0.5, 0.6) is 0 Å². The van der Waals surface area contributed by atoms with Crippen LogP contribution < -0.4 is 5.73 Å². The summed E-state index contributed by atoms with van der Waals surface area (Å²) in [5.41, 5.74) is 8.16. The zero-order valence-corrected chi connectivity index (χ0v) is 10.0. The molecule has 0 aromatic carbocycles. The number of aryl methyl sites for hydroxylation is 1. The summed E-state index contributed by atoms with van der Waals surface area (Å²) in [6, 6.07) is 0.446. The topological polar surface area (TPSA) is 64.2 Å². The van der Waals surface area contributed by atoms with E-state index < -0.39 is 0 Å². The summed E-state index contributed by atoms with van der Waals surface area (Å²) in [4.78, 5) is 13.7. The van der Waals surface area contributed by atoms with Crippen LogP contribution in [0.15, 0.2) is 0 Å². The van der Waals surface area contributed by atoms with Crippen molar-refractivity contribution < 1.29 is 4.79 Å². The molecule has 0 bridgehead atoms. The van der Waals surface area contributed by atoms with Crippen LogP contribution in [-0.4, -0.2) is 33.7 Å². The Hall–Kier alpha value is -1.52. The van der Waals surface area contributed by atoms with Gasteiger partial charge < -0.3 is 10.6 Å². The predicted octanol–water partition coefficient (Wildman–Crippen LogP) is 0.703. The number of hydrogen-bond acceptors (Lipinski definition) is 3. The van der Waals surface area contributed by atoms with Crippen molar-refractivity contribution in [1.29, 1.82) is 0 Å². The second-order valence-electron chi connectivity index (χ2n) is 4.48. The third-order valence-electron chi connectivity index (χ3n) is 3.21. The molecule has 1 fully saturated rings. The lowest BCUT2D eigenvalue weighted by atomic mass is 10.3. The number of aromatic nitrogens is 2. The summed E-state index contributed by atoms with van der Waals surface area (Å²) in [7, 11) is 1.86. The van der Waals surface area contributed by atoms with Gasteiger partial charge in [0.15, 0.2) is 0 Å². The number of carbonyl (C=O) groups excluding carboxylic acids is 1. The summed E-state index contributed by atoms with van der Waals surface area (Å²) in [6.45, 7) is 4.03. The lowest BCUT2D eigenvalue weighted by Gasteiger charge is -2.16. The van der Waals surface area contributed by atoms with Crippen molar-refractivity contribution in [2.45, 2.75) is 39.3 Å². The zero-order chi connectivity index (χ0) is 11.9. The summed E-state index contributed by atoms with van der Waals surface area (Å²) in [6.07, 6.45) is 2.25. The minimum absolute atomic E-state index is 0.105. The van der Waals surface area contributed by atoms with Gasteiger partial charge in [0.1, 0.15) is 6.54 Å². The molecule has 0 saturated heterocycles. The van der Waals surface area contributed by atoms with Crippen molar-refractivity contribution in [3.8, 4) is 0 Å². The predicted molar refractivity (Wildman–Crippen MR) is 61.9 cm³/mol. The van der Waals surface area contributed by atoms with E-state index in [9.17, 15) is 4.79 Å². The molecular weight excluding hydrogens is 204 g/mol. The number of nitrogens with zero attached hydrogens (tertiary/aromatic N) is 3. The van der Waals surface area contributed by atoms with Crippen molar-refractivity contribution >= 4 is 11.6 Å². The molecule has 1 amide bonds. The van der Waals surface area contributed by atoms with Crippen LogP contribution in [0.4, 0.5) is 5.69 Å². The fourth-order valence-corrected chi connectivity index (χ4v) is 1.77. The number of amides is 1. The third-order valence-corrected chi connectivity index (χ3v) is 3.21. The van der Waals surface area contributed by atoms with Crippen LogP contribution in [0, 0.1) is 13.8 Å². The molecule has 0 spiro atoms. The lowest BCUT2D eigenvalue weighted by Crippen LogP contribution is -2.32. The minimum Gasteiger partial charge on any atom is -0.396 e. The first kappa shape index (κ1) is 11.0. The van der Waals surface area contributed by atoms with Crippen LogP contribution in [-0.2, 0) is 11.3 Å². The molecule has 1 aromatic heterocycles. The first-order valence-electron chi connectivity index (χ1n) is 5.56. The summed E-state index contributed by atoms with van der Waals surface area (Å²) in [5.74, 6) is 0.105. The van der Waals surface area contributed by atoms with Crippen molar-refractivity contribution in [2.75, 3.05) is 12.8 Å². The van der Waals surface area contributed by atoms with Gasteiger partial charge in [0.05, 0.1) is 17.1 Å². The molecular formula is C11H18N4O. The second-order valence-corrected chi connectivity index (χ2v) is 4.48. The van der Waals surface area contributed by atoms with E-state index in [2.05, 4.69) is 5.10 Å². The van der Waals surface area contributed by atoms with Crippen LogP contribution in [0.3, 0.4) is 0 Å². The molecule has 0 aliphatic heterocycles. The minimum atomic E-state index is 0.105. The first-order valence-corrected chi connectivity index (χ1v) is 5.56. The third kappa shape index (κ3) is 1.89. The van der Waals surface area contributed by atoms with Gasteiger partial charge in [-0.2, -0.15) is 5.10 Å². The number of carbonyl (C=O) groups is 1. The van der Waals surface area contributed by atoms with Gasteiger partial charge in [-0.05, 0) is 26.7 Å². The largest absolute Gasteiger partial charge is 0.396 e. The fraction of sp³-hybridized carbons (Fsp3) is 0.636. The summed E-state index contributed by atoms with van der Waals surface area (Å²) < 4.78 is 1.69. The van der Waals surface area contributed by atoms with E-state index in [0.717, 1.165) is 24.2 Å². The van der Waals surface area contributed by atoms with Gasteiger partial charge in [0.25, 0.3) is 0 Å². The zero-order valence-electron chi connectivity index (χ0n) is 10.0. The molecule has 1 saturated carbocycles. The van der Waals surface area contributed by atoms with Crippen LogP contribution >= 0.6 is 0 Å². The molecule has 5 heteroatoms. The summed E-state index contributed by atoms with van der Waals surface area (Å²) >= 11 is 0. The van der Waals surface area contributed by atoms with Crippen LogP contribution in [0.2, 0.25) is 0 Å². The van der Waals surface area contributed by atoms with Gasteiger partial charge in [-0.1, -0.05) is 0 Å². The Balaban J connectivity index is 2.08. The number of hydrogen-bond donors (Lipinski definition) is 1. The average Bonchev–Trinajstić information content (AvgIpc) is 3.05. The van der Waals surface area contributed by atoms with E-state index in [4.69, 9.17) is 5.73 Å². The Morgan fingerprint density at radius 3 is 2.62 bits per heavy atom. The second kappa shape index (κ2) is 3.81. The monoisotopic (exact) mass is 222 g/mol. The molecule has 1 aliphatic carbocycles. The van der Waals surface area contributed by atoms with Gasteiger partial charge in [-0.25, -0.2) is 0 Å². The number of anilines is 1. The molecule has 1 heterocycles. The van der Waals surface area contributed by atoms with Gasteiger partial charge in [-0.15, -0.1) is 0 Å². The summed E-state index contributed by atoms with van der Waals surface area (Å²) in [5, 5.41) is 4.26. The van der Waals surface area contributed by atoms with Crippen molar-refractivity contribution in [3.63, 3.8) is 0 Å². The van der Waals surface area contributed by atoms with Gasteiger partial charge >= 0.3 is 0 Å².